The first-order chi connectivity index (χ1) is 4.34. The number of hydrogen-bond donors (Lipinski definition) is 0. The van der Waals surface area contributed by atoms with Crippen LogP contribution in [0.25, 0.3) is 6.08 Å². The lowest BCUT2D eigenvalue weighted by Crippen LogP contribution is -1.76. The Labute approximate surface area is 55.8 Å². The van der Waals surface area contributed by atoms with Crippen molar-refractivity contribution in [3.8, 4) is 0 Å². The zero-order chi connectivity index (χ0) is 6.69. The second-order valence-corrected chi connectivity index (χ2v) is 1.95. The Hall–Kier alpha value is -1.04. The minimum atomic E-state index is 1.16. The first-order valence-corrected chi connectivity index (χ1v) is 2.94. The quantitative estimate of drug-likeness (QED) is 0.530. The minimum Gasteiger partial charge on any atom is -0.0985 e. The Kier molecular flexibility index (Phi) is 1.69. The minimum absolute atomic E-state index is 1.16. The molecule has 0 heterocycles. The molecule has 0 aliphatic carbocycles. The van der Waals surface area contributed by atoms with E-state index in [0.29, 0.717) is 0 Å². The van der Waals surface area contributed by atoms with Crippen molar-refractivity contribution in [2.45, 2.75) is 6.92 Å². The van der Waals surface area contributed by atoms with Crippen LogP contribution in [0, 0.1) is 13.0 Å². The SMILES string of the molecule is C=Cc1ccc[c]c1C. The second kappa shape index (κ2) is 2.49. The summed E-state index contributed by atoms with van der Waals surface area (Å²) in [6, 6.07) is 8.97. The van der Waals surface area contributed by atoms with E-state index in [2.05, 4.69) is 12.6 Å². The van der Waals surface area contributed by atoms with E-state index < -0.39 is 0 Å². The normalized spacial score (nSPS) is 9.00. The molecule has 0 aliphatic rings. The molecular weight excluding hydrogens is 108 g/mol. The predicted octanol–water partition coefficient (Wildman–Crippen LogP) is 2.44. The van der Waals surface area contributed by atoms with Gasteiger partial charge in [-0.05, 0) is 24.1 Å². The highest BCUT2D eigenvalue weighted by Crippen LogP contribution is 2.05. The largest absolute Gasteiger partial charge is 0.0985 e. The number of rotatable bonds is 1. The standard InChI is InChI=1S/C9H9/c1-3-9-7-5-4-6-8(9)2/h3-5,7H,1H2,2H3. The summed E-state index contributed by atoms with van der Waals surface area (Å²) in [7, 11) is 0. The van der Waals surface area contributed by atoms with Gasteiger partial charge in [0.05, 0.1) is 0 Å². The maximum Gasteiger partial charge on any atom is -0.0146 e. The molecule has 0 bridgehead atoms. The van der Waals surface area contributed by atoms with E-state index >= 15 is 0 Å². The van der Waals surface area contributed by atoms with Gasteiger partial charge in [0.15, 0.2) is 0 Å². The molecule has 9 heavy (non-hydrogen) atoms. The monoisotopic (exact) mass is 117 g/mol. The van der Waals surface area contributed by atoms with Crippen LogP contribution in [0.3, 0.4) is 0 Å². The van der Waals surface area contributed by atoms with Crippen LogP contribution in [0.2, 0.25) is 0 Å². The van der Waals surface area contributed by atoms with Gasteiger partial charge in [0.25, 0.3) is 0 Å². The van der Waals surface area contributed by atoms with Crippen LogP contribution in [-0.4, -0.2) is 0 Å². The summed E-state index contributed by atoms with van der Waals surface area (Å²) in [6.45, 7) is 5.70. The predicted molar refractivity (Wildman–Crippen MR) is 40.1 cm³/mol. The van der Waals surface area contributed by atoms with E-state index in [0.717, 1.165) is 11.1 Å². The van der Waals surface area contributed by atoms with E-state index in [1.165, 1.54) is 0 Å². The van der Waals surface area contributed by atoms with Gasteiger partial charge in [-0.1, -0.05) is 30.9 Å². The topological polar surface area (TPSA) is 0 Å². The molecule has 45 valence electrons. The van der Waals surface area contributed by atoms with Gasteiger partial charge in [0.2, 0.25) is 0 Å². The molecule has 0 heteroatoms. The second-order valence-electron chi connectivity index (χ2n) is 1.95. The van der Waals surface area contributed by atoms with Gasteiger partial charge in [-0.15, -0.1) is 0 Å². The summed E-state index contributed by atoms with van der Waals surface area (Å²) < 4.78 is 0. The van der Waals surface area contributed by atoms with Gasteiger partial charge in [-0.25, -0.2) is 0 Å². The van der Waals surface area contributed by atoms with Crippen molar-refractivity contribution in [2.75, 3.05) is 0 Å². The van der Waals surface area contributed by atoms with Crippen LogP contribution in [0.1, 0.15) is 11.1 Å². The summed E-state index contributed by atoms with van der Waals surface area (Å²) in [4.78, 5) is 0. The molecule has 0 fully saturated rings. The van der Waals surface area contributed by atoms with E-state index in [9.17, 15) is 0 Å². The molecule has 1 aromatic rings. The zero-order valence-corrected chi connectivity index (χ0v) is 5.52. The fourth-order valence-electron chi connectivity index (χ4n) is 0.754. The molecule has 1 aromatic carbocycles. The third-order valence-electron chi connectivity index (χ3n) is 1.32. The van der Waals surface area contributed by atoms with Gasteiger partial charge in [-0.3, -0.25) is 0 Å². The molecule has 0 atom stereocenters. The number of hydrogen-bond acceptors (Lipinski definition) is 0. The smallest absolute Gasteiger partial charge is 0.0146 e. The highest BCUT2D eigenvalue weighted by atomic mass is 13.9. The molecule has 1 radical (unpaired) electrons. The van der Waals surface area contributed by atoms with Crippen molar-refractivity contribution < 1.29 is 0 Å². The summed E-state index contributed by atoms with van der Waals surface area (Å²) in [6.07, 6.45) is 1.84. The van der Waals surface area contributed by atoms with Crippen molar-refractivity contribution in [3.05, 3.63) is 42.0 Å². The fourth-order valence-corrected chi connectivity index (χ4v) is 0.754. The molecule has 0 aliphatic heterocycles. The Morgan fingerprint density at radius 2 is 2.44 bits per heavy atom. The number of aryl methyl sites for hydroxylation is 1. The fraction of sp³-hybridized carbons (Fsp3) is 0.111. The van der Waals surface area contributed by atoms with Gasteiger partial charge in [0.1, 0.15) is 0 Å². The van der Waals surface area contributed by atoms with Crippen LogP contribution in [-0.2, 0) is 0 Å². The Morgan fingerprint density at radius 3 is 2.89 bits per heavy atom. The van der Waals surface area contributed by atoms with Crippen molar-refractivity contribution in [2.24, 2.45) is 0 Å². The van der Waals surface area contributed by atoms with Crippen LogP contribution in [0.4, 0.5) is 0 Å². The first kappa shape index (κ1) is 6.09. The molecule has 0 saturated carbocycles. The lowest BCUT2D eigenvalue weighted by molar-refractivity contribution is 1.43. The molecule has 0 nitrogen and oxygen atoms in total. The third kappa shape index (κ3) is 1.20. The van der Waals surface area contributed by atoms with Crippen LogP contribution in [0.5, 0.6) is 0 Å². The molecule has 0 aromatic heterocycles. The molecule has 1 rings (SSSR count). The average Bonchev–Trinajstić information content (AvgIpc) is 1.89. The van der Waals surface area contributed by atoms with E-state index in [1.54, 1.807) is 0 Å². The average molecular weight is 117 g/mol. The Morgan fingerprint density at radius 1 is 1.67 bits per heavy atom. The molecular formula is C9H9. The van der Waals surface area contributed by atoms with Gasteiger partial charge >= 0.3 is 0 Å². The summed E-state index contributed by atoms with van der Waals surface area (Å²) in [5, 5.41) is 0. The van der Waals surface area contributed by atoms with E-state index in [-0.39, 0.29) is 0 Å². The summed E-state index contributed by atoms with van der Waals surface area (Å²) in [5.41, 5.74) is 2.32. The van der Waals surface area contributed by atoms with E-state index in [1.807, 2.05) is 31.2 Å². The Balaban J connectivity index is 3.15. The van der Waals surface area contributed by atoms with Crippen molar-refractivity contribution in [3.63, 3.8) is 0 Å². The zero-order valence-electron chi connectivity index (χ0n) is 5.52. The van der Waals surface area contributed by atoms with Gasteiger partial charge in [-0.2, -0.15) is 0 Å². The van der Waals surface area contributed by atoms with Crippen LogP contribution >= 0.6 is 0 Å². The van der Waals surface area contributed by atoms with Crippen molar-refractivity contribution >= 4 is 6.08 Å². The summed E-state index contributed by atoms with van der Waals surface area (Å²) in [5.74, 6) is 0. The van der Waals surface area contributed by atoms with Crippen molar-refractivity contribution in [1.29, 1.82) is 0 Å². The molecule has 0 unspecified atom stereocenters. The Bertz CT molecular complexity index is 211. The lowest BCUT2D eigenvalue weighted by Gasteiger charge is -1.94. The number of benzene rings is 1. The van der Waals surface area contributed by atoms with Gasteiger partial charge < -0.3 is 0 Å². The molecule has 0 N–H and O–H groups in total. The maximum absolute atomic E-state index is 3.67. The first-order valence-electron chi connectivity index (χ1n) is 2.94. The third-order valence-corrected chi connectivity index (χ3v) is 1.32. The molecule has 0 amide bonds. The maximum atomic E-state index is 3.67. The lowest BCUT2D eigenvalue weighted by atomic mass is 10.1. The van der Waals surface area contributed by atoms with Crippen LogP contribution in [0.15, 0.2) is 24.8 Å². The van der Waals surface area contributed by atoms with Crippen molar-refractivity contribution in [1.82, 2.24) is 0 Å². The van der Waals surface area contributed by atoms with E-state index in [4.69, 9.17) is 0 Å². The highest BCUT2D eigenvalue weighted by Gasteiger charge is 1.87. The molecule has 0 spiro atoms. The highest BCUT2D eigenvalue weighted by molar-refractivity contribution is 5.50. The summed E-state index contributed by atoms with van der Waals surface area (Å²) >= 11 is 0. The van der Waals surface area contributed by atoms with Crippen LogP contribution < -0.4 is 0 Å². The molecule has 0 saturated heterocycles. The van der Waals surface area contributed by atoms with Gasteiger partial charge in [0, 0.05) is 0 Å².